The summed E-state index contributed by atoms with van der Waals surface area (Å²) < 4.78 is 6.39. The number of anilines is 2. The quantitative estimate of drug-likeness (QED) is 0.555. The fourth-order valence-electron chi connectivity index (χ4n) is 6.20. The van der Waals surface area contributed by atoms with Crippen LogP contribution in [0.4, 0.5) is 11.4 Å². The third-order valence-electron chi connectivity index (χ3n) is 7.93. The number of hydrogen-bond acceptors (Lipinski definition) is 8. The maximum Gasteiger partial charge on any atom is 0.101 e. The van der Waals surface area contributed by atoms with Gasteiger partial charge in [0, 0.05) is 75.3 Å². The SMILES string of the molecule is CC1CN(c2ccc(C#N)c3ncccc23)CC(CN2CCN(c3ccc4c(c3)CNC4)[C@@H](CO)C2)O1. The molecule has 2 aromatic carbocycles. The standard InChI is InChI=1S/C29H34N6O2/c1-20-15-34(28-7-5-21(12-30)29-27(28)3-2-8-32-29)18-26(37-20)17-33-9-10-35(25(16-33)19-36)24-6-4-22-13-31-14-23(22)11-24/h2-8,11,20,25-26,31,36H,9-10,13-19H2,1H3/t20?,25-,26?/m1/s1. The molecule has 0 bridgehead atoms. The van der Waals surface area contributed by atoms with Crippen LogP contribution < -0.4 is 15.1 Å². The first-order valence-electron chi connectivity index (χ1n) is 13.2. The van der Waals surface area contributed by atoms with E-state index in [1.54, 1.807) is 6.20 Å². The van der Waals surface area contributed by atoms with E-state index in [1.807, 2.05) is 24.3 Å². The Bertz CT molecular complexity index is 1320. The van der Waals surface area contributed by atoms with Crippen LogP contribution in [0.3, 0.4) is 0 Å². The summed E-state index contributed by atoms with van der Waals surface area (Å²) in [6.07, 6.45) is 1.90. The van der Waals surface area contributed by atoms with Crippen molar-refractivity contribution in [1.29, 1.82) is 5.26 Å². The lowest BCUT2D eigenvalue weighted by Gasteiger charge is -2.45. The zero-order valence-electron chi connectivity index (χ0n) is 21.3. The van der Waals surface area contributed by atoms with E-state index in [9.17, 15) is 10.4 Å². The van der Waals surface area contributed by atoms with Crippen LogP contribution in [0, 0.1) is 11.3 Å². The van der Waals surface area contributed by atoms with Crippen LogP contribution >= 0.6 is 0 Å². The van der Waals surface area contributed by atoms with E-state index in [-0.39, 0.29) is 24.9 Å². The molecule has 3 aliphatic heterocycles. The van der Waals surface area contributed by atoms with Gasteiger partial charge >= 0.3 is 0 Å². The van der Waals surface area contributed by atoms with Crippen LogP contribution in [0.15, 0.2) is 48.7 Å². The summed E-state index contributed by atoms with van der Waals surface area (Å²) in [4.78, 5) is 11.7. The van der Waals surface area contributed by atoms with Gasteiger partial charge < -0.3 is 25.0 Å². The van der Waals surface area contributed by atoms with E-state index in [0.717, 1.165) is 68.9 Å². The zero-order chi connectivity index (χ0) is 25.4. The van der Waals surface area contributed by atoms with Crippen LogP contribution in [-0.4, -0.2) is 79.1 Å². The highest BCUT2D eigenvalue weighted by Gasteiger charge is 2.32. The predicted octanol–water partition coefficient (Wildman–Crippen LogP) is 2.49. The summed E-state index contributed by atoms with van der Waals surface area (Å²) in [5, 5.41) is 24.2. The number of nitrogens with one attached hydrogen (secondary N) is 1. The molecule has 6 rings (SSSR count). The molecule has 0 saturated carbocycles. The average molecular weight is 499 g/mol. The number of nitrogens with zero attached hydrogens (tertiary/aromatic N) is 5. The average Bonchev–Trinajstić information content (AvgIpc) is 3.40. The van der Waals surface area contributed by atoms with Crippen LogP contribution in [0.1, 0.15) is 23.6 Å². The summed E-state index contributed by atoms with van der Waals surface area (Å²) in [5.74, 6) is 0. The van der Waals surface area contributed by atoms with E-state index < -0.39 is 0 Å². The number of ether oxygens (including phenoxy) is 1. The molecule has 4 heterocycles. The molecule has 3 aliphatic rings. The van der Waals surface area contributed by atoms with Crippen molar-refractivity contribution < 1.29 is 9.84 Å². The van der Waals surface area contributed by atoms with Gasteiger partial charge in [-0.25, -0.2) is 0 Å². The van der Waals surface area contributed by atoms with E-state index in [2.05, 4.69) is 56.2 Å². The lowest BCUT2D eigenvalue weighted by Crippen LogP contribution is -2.58. The molecule has 0 spiro atoms. The zero-order valence-corrected chi connectivity index (χ0v) is 21.3. The summed E-state index contributed by atoms with van der Waals surface area (Å²) >= 11 is 0. The molecular weight excluding hydrogens is 464 g/mol. The van der Waals surface area contributed by atoms with Gasteiger partial charge in [-0.1, -0.05) is 6.07 Å². The molecule has 2 unspecified atom stereocenters. The summed E-state index contributed by atoms with van der Waals surface area (Å²) in [6, 6.07) is 16.9. The molecular formula is C29H34N6O2. The Morgan fingerprint density at radius 2 is 2.00 bits per heavy atom. The number of piperazine rings is 1. The second-order valence-corrected chi connectivity index (χ2v) is 10.5. The number of aliphatic hydroxyl groups excluding tert-OH is 1. The molecule has 1 aromatic heterocycles. The van der Waals surface area contributed by atoms with Crippen molar-refractivity contribution in [3.8, 4) is 6.07 Å². The molecule has 192 valence electrons. The van der Waals surface area contributed by atoms with Crippen molar-refractivity contribution in [3.63, 3.8) is 0 Å². The van der Waals surface area contributed by atoms with Gasteiger partial charge in [-0.2, -0.15) is 5.26 Å². The van der Waals surface area contributed by atoms with E-state index in [4.69, 9.17) is 4.74 Å². The van der Waals surface area contributed by atoms with Crippen molar-refractivity contribution in [2.45, 2.75) is 38.3 Å². The van der Waals surface area contributed by atoms with Gasteiger partial charge in [-0.05, 0) is 54.4 Å². The number of aliphatic hydroxyl groups is 1. The van der Waals surface area contributed by atoms with Gasteiger partial charge in [-0.3, -0.25) is 9.88 Å². The lowest BCUT2D eigenvalue weighted by molar-refractivity contribution is -0.0351. The highest BCUT2D eigenvalue weighted by Crippen LogP contribution is 2.31. The number of rotatable bonds is 5. The first-order chi connectivity index (χ1) is 18.1. The van der Waals surface area contributed by atoms with Gasteiger partial charge in [0.15, 0.2) is 0 Å². The minimum atomic E-state index is 0.0584. The minimum Gasteiger partial charge on any atom is -0.394 e. The highest BCUT2D eigenvalue weighted by molar-refractivity contribution is 5.95. The van der Waals surface area contributed by atoms with Crippen molar-refractivity contribution in [1.82, 2.24) is 15.2 Å². The van der Waals surface area contributed by atoms with Gasteiger partial charge in [0.1, 0.15) is 6.07 Å². The molecule has 2 saturated heterocycles. The number of benzene rings is 2. The summed E-state index contributed by atoms with van der Waals surface area (Å²) in [7, 11) is 0. The first kappa shape index (κ1) is 24.1. The van der Waals surface area contributed by atoms with Crippen LogP contribution in [0.5, 0.6) is 0 Å². The lowest BCUT2D eigenvalue weighted by atomic mass is 10.0. The van der Waals surface area contributed by atoms with Gasteiger partial charge in [0.25, 0.3) is 0 Å². The van der Waals surface area contributed by atoms with Crippen molar-refractivity contribution in [3.05, 3.63) is 65.4 Å². The monoisotopic (exact) mass is 498 g/mol. The third kappa shape index (κ3) is 4.76. The fraction of sp³-hybridized carbons (Fsp3) is 0.448. The number of fused-ring (bicyclic) bond motifs is 2. The fourth-order valence-corrected chi connectivity index (χ4v) is 6.20. The number of hydrogen-bond donors (Lipinski definition) is 2. The Morgan fingerprint density at radius 3 is 2.86 bits per heavy atom. The van der Waals surface area contributed by atoms with Crippen LogP contribution in [-0.2, 0) is 17.8 Å². The number of aromatic nitrogens is 1. The van der Waals surface area contributed by atoms with Gasteiger partial charge in [-0.15, -0.1) is 0 Å². The second-order valence-electron chi connectivity index (χ2n) is 10.5. The molecule has 0 radical (unpaired) electrons. The van der Waals surface area contributed by atoms with Crippen molar-refractivity contribution in [2.75, 3.05) is 55.7 Å². The maximum absolute atomic E-state index is 10.3. The number of morpholine rings is 1. The molecule has 3 atom stereocenters. The van der Waals surface area contributed by atoms with Gasteiger partial charge in [0.05, 0.1) is 35.9 Å². The Balaban J connectivity index is 1.15. The van der Waals surface area contributed by atoms with Crippen molar-refractivity contribution in [2.24, 2.45) is 0 Å². The molecule has 0 amide bonds. The summed E-state index contributed by atoms with van der Waals surface area (Å²) in [6.45, 7) is 9.15. The molecule has 8 nitrogen and oxygen atoms in total. The Kier molecular flexibility index (Phi) is 6.70. The smallest absolute Gasteiger partial charge is 0.101 e. The number of pyridine rings is 1. The molecule has 37 heavy (non-hydrogen) atoms. The minimum absolute atomic E-state index is 0.0584. The molecule has 2 fully saturated rings. The predicted molar refractivity (Wildman–Crippen MR) is 145 cm³/mol. The van der Waals surface area contributed by atoms with Crippen LogP contribution in [0.25, 0.3) is 10.9 Å². The molecule has 0 aliphatic carbocycles. The molecule has 3 aromatic rings. The maximum atomic E-state index is 10.3. The third-order valence-corrected chi connectivity index (χ3v) is 7.93. The van der Waals surface area contributed by atoms with E-state index in [0.29, 0.717) is 5.56 Å². The Morgan fingerprint density at radius 1 is 1.11 bits per heavy atom. The first-order valence-corrected chi connectivity index (χ1v) is 13.2. The normalized spacial score (nSPS) is 24.3. The molecule has 8 heteroatoms. The molecule has 2 N–H and O–H groups in total. The summed E-state index contributed by atoms with van der Waals surface area (Å²) in [5.41, 5.74) is 6.41. The van der Waals surface area contributed by atoms with E-state index in [1.165, 1.54) is 16.8 Å². The Labute approximate surface area is 218 Å². The topological polar surface area (TPSA) is 87.9 Å². The Hall–Kier alpha value is -3.22. The second kappa shape index (κ2) is 10.3. The van der Waals surface area contributed by atoms with Crippen LogP contribution in [0.2, 0.25) is 0 Å². The van der Waals surface area contributed by atoms with Crippen molar-refractivity contribution >= 4 is 22.3 Å². The van der Waals surface area contributed by atoms with Gasteiger partial charge in [0.2, 0.25) is 0 Å². The van der Waals surface area contributed by atoms with E-state index >= 15 is 0 Å². The largest absolute Gasteiger partial charge is 0.394 e. The highest BCUT2D eigenvalue weighted by atomic mass is 16.5. The number of nitriles is 1.